The number of rotatable bonds is 7. The summed E-state index contributed by atoms with van der Waals surface area (Å²) >= 11 is 0. The Hall–Kier alpha value is -2.32. The first-order valence-corrected chi connectivity index (χ1v) is 9.19. The summed E-state index contributed by atoms with van der Waals surface area (Å²) in [6.45, 7) is 7.89. The largest absolute Gasteiger partial charge is 0.466 e. The summed E-state index contributed by atoms with van der Waals surface area (Å²) in [5, 5.41) is 2.45. The molecule has 0 radical (unpaired) electrons. The molecule has 9 heteroatoms. The van der Waals surface area contributed by atoms with Gasteiger partial charge in [-0.15, -0.1) is 0 Å². The van der Waals surface area contributed by atoms with E-state index in [1.54, 1.807) is 32.6 Å². The van der Waals surface area contributed by atoms with Crippen LogP contribution >= 0.6 is 0 Å². The van der Waals surface area contributed by atoms with Crippen LogP contribution in [0.3, 0.4) is 0 Å². The van der Waals surface area contributed by atoms with Gasteiger partial charge in [0, 0.05) is 19.6 Å². The summed E-state index contributed by atoms with van der Waals surface area (Å²) in [5.74, 6) is -1.30. The molecule has 1 rings (SSSR count). The molecule has 1 aliphatic heterocycles. The zero-order valence-electron chi connectivity index (χ0n) is 16.5. The molecule has 1 saturated heterocycles. The number of piperidine rings is 1. The molecular formula is C18H30N2O7. The average Bonchev–Trinajstić information content (AvgIpc) is 2.58. The minimum Gasteiger partial charge on any atom is -0.466 e. The van der Waals surface area contributed by atoms with Crippen molar-refractivity contribution in [3.05, 3.63) is 0 Å². The number of hydrogen-bond donors (Lipinski definition) is 1. The van der Waals surface area contributed by atoms with E-state index in [9.17, 15) is 19.2 Å². The van der Waals surface area contributed by atoms with Crippen LogP contribution in [0.15, 0.2) is 0 Å². The topological polar surface area (TPSA) is 111 Å². The predicted octanol–water partition coefficient (Wildman–Crippen LogP) is 1.25. The van der Waals surface area contributed by atoms with E-state index in [4.69, 9.17) is 14.2 Å². The Kier molecular flexibility index (Phi) is 9.04. The van der Waals surface area contributed by atoms with Crippen LogP contribution in [0.2, 0.25) is 0 Å². The van der Waals surface area contributed by atoms with Crippen molar-refractivity contribution in [3.8, 4) is 0 Å². The minimum atomic E-state index is -0.615. The lowest BCUT2D eigenvalue weighted by Gasteiger charge is -2.30. The van der Waals surface area contributed by atoms with Gasteiger partial charge in [-0.1, -0.05) is 0 Å². The third-order valence-corrected chi connectivity index (χ3v) is 3.82. The van der Waals surface area contributed by atoms with Crippen molar-refractivity contribution in [1.29, 1.82) is 0 Å². The first kappa shape index (κ1) is 22.7. The zero-order chi connectivity index (χ0) is 20.4. The maximum atomic E-state index is 12.1. The molecule has 0 saturated carbocycles. The number of carbonyl (C=O) groups excluding carboxylic acids is 4. The van der Waals surface area contributed by atoms with Crippen LogP contribution in [0.5, 0.6) is 0 Å². The third kappa shape index (κ3) is 9.25. The molecule has 2 amide bonds. The SMILES string of the molecule is CCOC(=O)C1CCN(C(=O)COC(=O)CCNC(=O)OC(C)(C)C)CC1. The van der Waals surface area contributed by atoms with Gasteiger partial charge in [-0.25, -0.2) is 4.79 Å². The molecule has 0 aromatic rings. The van der Waals surface area contributed by atoms with Crippen molar-refractivity contribution in [3.63, 3.8) is 0 Å². The Bertz CT molecular complexity index is 534. The Morgan fingerprint density at radius 2 is 1.70 bits per heavy atom. The molecule has 154 valence electrons. The van der Waals surface area contributed by atoms with Crippen molar-refractivity contribution >= 4 is 23.9 Å². The summed E-state index contributed by atoms with van der Waals surface area (Å²) in [6, 6.07) is 0. The molecular weight excluding hydrogens is 356 g/mol. The third-order valence-electron chi connectivity index (χ3n) is 3.82. The Labute approximate surface area is 159 Å². The summed E-state index contributed by atoms with van der Waals surface area (Å²) in [4.78, 5) is 48.5. The first-order chi connectivity index (χ1) is 12.6. The molecule has 1 N–H and O–H groups in total. The van der Waals surface area contributed by atoms with E-state index < -0.39 is 17.7 Å². The number of hydrogen-bond acceptors (Lipinski definition) is 7. The van der Waals surface area contributed by atoms with Gasteiger partial charge in [0.15, 0.2) is 6.61 Å². The zero-order valence-corrected chi connectivity index (χ0v) is 16.5. The summed E-state index contributed by atoms with van der Waals surface area (Å²) in [7, 11) is 0. The van der Waals surface area contributed by atoms with Crippen molar-refractivity contribution in [2.75, 3.05) is 32.8 Å². The number of amides is 2. The molecule has 27 heavy (non-hydrogen) atoms. The van der Waals surface area contributed by atoms with Gasteiger partial charge in [0.25, 0.3) is 5.91 Å². The molecule has 1 aliphatic rings. The van der Waals surface area contributed by atoms with E-state index in [-0.39, 0.29) is 37.4 Å². The van der Waals surface area contributed by atoms with E-state index in [0.29, 0.717) is 32.5 Å². The Morgan fingerprint density at radius 1 is 1.07 bits per heavy atom. The summed E-state index contributed by atoms with van der Waals surface area (Å²) in [5.41, 5.74) is -0.613. The van der Waals surface area contributed by atoms with Crippen LogP contribution in [-0.4, -0.2) is 67.3 Å². The molecule has 0 aliphatic carbocycles. The number of likely N-dealkylation sites (tertiary alicyclic amines) is 1. The van der Waals surface area contributed by atoms with Crippen LogP contribution in [-0.2, 0) is 28.6 Å². The molecule has 0 aromatic heterocycles. The molecule has 0 spiro atoms. The van der Waals surface area contributed by atoms with Gasteiger partial charge >= 0.3 is 18.0 Å². The number of esters is 2. The smallest absolute Gasteiger partial charge is 0.407 e. The van der Waals surface area contributed by atoms with Crippen molar-refractivity contribution in [2.24, 2.45) is 5.92 Å². The Morgan fingerprint density at radius 3 is 2.26 bits per heavy atom. The minimum absolute atomic E-state index is 0.0581. The maximum Gasteiger partial charge on any atom is 0.407 e. The number of nitrogens with zero attached hydrogens (tertiary/aromatic N) is 1. The predicted molar refractivity (Wildman–Crippen MR) is 95.7 cm³/mol. The lowest BCUT2D eigenvalue weighted by atomic mass is 9.97. The lowest BCUT2D eigenvalue weighted by Crippen LogP contribution is -2.42. The number of nitrogens with one attached hydrogen (secondary N) is 1. The maximum absolute atomic E-state index is 12.1. The lowest BCUT2D eigenvalue weighted by molar-refractivity contribution is -0.154. The van der Waals surface area contributed by atoms with E-state index in [1.165, 1.54) is 0 Å². The van der Waals surface area contributed by atoms with Crippen LogP contribution in [0.1, 0.15) is 47.0 Å². The molecule has 9 nitrogen and oxygen atoms in total. The summed E-state index contributed by atoms with van der Waals surface area (Å²) < 4.78 is 15.0. The van der Waals surface area contributed by atoms with Crippen LogP contribution in [0.25, 0.3) is 0 Å². The molecule has 0 bridgehead atoms. The quantitative estimate of drug-likeness (QED) is 0.518. The first-order valence-electron chi connectivity index (χ1n) is 9.19. The fraction of sp³-hybridized carbons (Fsp3) is 0.778. The molecule has 0 atom stereocenters. The highest BCUT2D eigenvalue weighted by Gasteiger charge is 2.28. The van der Waals surface area contributed by atoms with Gasteiger partial charge < -0.3 is 24.4 Å². The standard InChI is InChI=1S/C18H30N2O7/c1-5-25-16(23)13-7-10-20(11-8-13)14(21)12-26-15(22)6-9-19-17(24)27-18(2,3)4/h13H,5-12H2,1-4H3,(H,19,24). The van der Waals surface area contributed by atoms with E-state index in [1.807, 2.05) is 0 Å². The molecule has 0 aromatic carbocycles. The normalized spacial score (nSPS) is 15.0. The van der Waals surface area contributed by atoms with Crippen LogP contribution in [0, 0.1) is 5.92 Å². The fourth-order valence-corrected chi connectivity index (χ4v) is 2.51. The molecule has 0 unspecified atom stereocenters. The van der Waals surface area contributed by atoms with Gasteiger partial charge in [0.1, 0.15) is 5.60 Å². The van der Waals surface area contributed by atoms with E-state index in [2.05, 4.69) is 5.32 Å². The van der Waals surface area contributed by atoms with Crippen LogP contribution in [0.4, 0.5) is 4.79 Å². The molecule has 1 heterocycles. The van der Waals surface area contributed by atoms with Gasteiger partial charge in [-0.3, -0.25) is 14.4 Å². The monoisotopic (exact) mass is 386 g/mol. The number of alkyl carbamates (subject to hydrolysis) is 1. The van der Waals surface area contributed by atoms with E-state index >= 15 is 0 Å². The van der Waals surface area contributed by atoms with Gasteiger partial charge in [-0.2, -0.15) is 0 Å². The number of ether oxygens (including phenoxy) is 3. The number of carbonyl (C=O) groups is 4. The van der Waals surface area contributed by atoms with Crippen molar-refractivity contribution in [2.45, 2.75) is 52.6 Å². The van der Waals surface area contributed by atoms with E-state index in [0.717, 1.165) is 0 Å². The second-order valence-electron chi connectivity index (χ2n) is 7.25. The highest BCUT2D eigenvalue weighted by molar-refractivity contribution is 5.81. The average molecular weight is 386 g/mol. The van der Waals surface area contributed by atoms with Crippen LogP contribution < -0.4 is 5.32 Å². The highest BCUT2D eigenvalue weighted by atomic mass is 16.6. The van der Waals surface area contributed by atoms with Gasteiger partial charge in [-0.05, 0) is 40.5 Å². The molecule has 1 fully saturated rings. The van der Waals surface area contributed by atoms with Crippen molar-refractivity contribution < 1.29 is 33.4 Å². The fourth-order valence-electron chi connectivity index (χ4n) is 2.51. The second kappa shape index (κ2) is 10.7. The van der Waals surface area contributed by atoms with Gasteiger partial charge in [0.2, 0.25) is 0 Å². The van der Waals surface area contributed by atoms with Gasteiger partial charge in [0.05, 0.1) is 18.9 Å². The summed E-state index contributed by atoms with van der Waals surface area (Å²) in [6.07, 6.45) is 0.407. The van der Waals surface area contributed by atoms with Crippen molar-refractivity contribution in [1.82, 2.24) is 10.2 Å². The second-order valence-corrected chi connectivity index (χ2v) is 7.25. The highest BCUT2D eigenvalue weighted by Crippen LogP contribution is 2.18. The Balaban J connectivity index is 2.20.